The quantitative estimate of drug-likeness (QED) is 0.0199. The molecule has 0 aliphatic carbocycles. The number of ether oxygens (including phenoxy) is 3. The van der Waals surface area contributed by atoms with Crippen LogP contribution in [0.1, 0.15) is 297 Å². The van der Waals surface area contributed by atoms with Gasteiger partial charge in [-0.05, 0) is 89.9 Å². The van der Waals surface area contributed by atoms with E-state index in [1.165, 1.54) is 167 Å². The molecule has 0 amide bonds. The van der Waals surface area contributed by atoms with Crippen molar-refractivity contribution >= 4 is 17.9 Å². The van der Waals surface area contributed by atoms with E-state index < -0.39 is 6.10 Å². The zero-order valence-electron chi connectivity index (χ0n) is 46.3. The molecule has 0 saturated heterocycles. The highest BCUT2D eigenvalue weighted by Gasteiger charge is 2.19. The van der Waals surface area contributed by atoms with Gasteiger partial charge in [0.25, 0.3) is 0 Å². The van der Waals surface area contributed by atoms with Gasteiger partial charge >= 0.3 is 17.9 Å². The minimum atomic E-state index is -0.791. The van der Waals surface area contributed by atoms with Crippen LogP contribution in [0.5, 0.6) is 0 Å². The van der Waals surface area contributed by atoms with Crippen molar-refractivity contribution in [1.82, 2.24) is 0 Å². The maximum Gasteiger partial charge on any atom is 0.306 e. The van der Waals surface area contributed by atoms with Crippen molar-refractivity contribution in [2.45, 2.75) is 303 Å². The van der Waals surface area contributed by atoms with Gasteiger partial charge in [0.1, 0.15) is 13.2 Å². The van der Waals surface area contributed by atoms with Crippen molar-refractivity contribution in [2.75, 3.05) is 13.2 Å². The Kier molecular flexibility index (Phi) is 55.8. The van der Waals surface area contributed by atoms with Gasteiger partial charge in [-0.3, -0.25) is 14.4 Å². The summed E-state index contributed by atoms with van der Waals surface area (Å²) in [6.07, 6.45) is 74.6. The van der Waals surface area contributed by atoms with Crippen LogP contribution in [0.15, 0.2) is 72.9 Å². The summed E-state index contributed by atoms with van der Waals surface area (Å²) < 4.78 is 16.9. The fourth-order valence-corrected chi connectivity index (χ4v) is 8.49. The fraction of sp³-hybridized carbons (Fsp3) is 0.766. The van der Waals surface area contributed by atoms with Crippen LogP contribution >= 0.6 is 0 Å². The summed E-state index contributed by atoms with van der Waals surface area (Å²) in [6, 6.07) is 0. The van der Waals surface area contributed by atoms with Crippen LogP contribution in [0.3, 0.4) is 0 Å². The fourth-order valence-electron chi connectivity index (χ4n) is 8.49. The second-order valence-corrected chi connectivity index (χ2v) is 20.0. The lowest BCUT2D eigenvalue weighted by Gasteiger charge is -2.18. The molecule has 0 aromatic carbocycles. The highest BCUT2D eigenvalue weighted by atomic mass is 16.6. The summed E-state index contributed by atoms with van der Waals surface area (Å²) in [5.74, 6) is -0.909. The Labute approximate surface area is 433 Å². The minimum Gasteiger partial charge on any atom is -0.462 e. The number of esters is 3. The first kappa shape index (κ1) is 66.9. The van der Waals surface area contributed by atoms with E-state index in [4.69, 9.17) is 14.2 Å². The Hall–Kier alpha value is -3.15. The molecular weight excluding hydrogens is 865 g/mol. The lowest BCUT2D eigenvalue weighted by Crippen LogP contribution is -2.30. The second-order valence-electron chi connectivity index (χ2n) is 20.0. The van der Waals surface area contributed by atoms with Gasteiger partial charge in [0, 0.05) is 19.3 Å². The second kappa shape index (κ2) is 58.4. The Balaban J connectivity index is 4.41. The van der Waals surface area contributed by atoms with Crippen molar-refractivity contribution in [1.29, 1.82) is 0 Å². The maximum atomic E-state index is 12.9. The van der Waals surface area contributed by atoms with E-state index in [1.54, 1.807) is 0 Å². The van der Waals surface area contributed by atoms with Crippen LogP contribution < -0.4 is 0 Å². The van der Waals surface area contributed by atoms with Crippen molar-refractivity contribution in [3.8, 4) is 0 Å². The number of hydrogen-bond donors (Lipinski definition) is 0. The average molecular weight is 978 g/mol. The largest absolute Gasteiger partial charge is 0.462 e. The van der Waals surface area contributed by atoms with Crippen molar-refractivity contribution in [2.24, 2.45) is 0 Å². The van der Waals surface area contributed by atoms with Crippen molar-refractivity contribution < 1.29 is 28.6 Å². The molecule has 0 fully saturated rings. The molecule has 0 aromatic rings. The van der Waals surface area contributed by atoms with Gasteiger partial charge in [-0.15, -0.1) is 0 Å². The van der Waals surface area contributed by atoms with Crippen LogP contribution in [-0.4, -0.2) is 37.2 Å². The molecule has 70 heavy (non-hydrogen) atoms. The zero-order chi connectivity index (χ0) is 50.7. The molecule has 0 rings (SSSR count). The number of unbranched alkanes of at least 4 members (excludes halogenated alkanes) is 34. The molecule has 404 valence electrons. The summed E-state index contributed by atoms with van der Waals surface area (Å²) in [5, 5.41) is 0. The van der Waals surface area contributed by atoms with E-state index in [0.29, 0.717) is 19.3 Å². The molecule has 0 N–H and O–H groups in total. The third kappa shape index (κ3) is 55.8. The standard InChI is InChI=1S/C64H112O6/c1-4-7-10-13-16-19-22-25-28-30-32-34-36-39-42-45-48-51-54-57-63(66)69-60-61(59-68-62(65)56-53-50-47-44-41-38-35-27-24-21-18-15-12-9-6-3)70-64(67)58-55-52-49-46-43-40-37-33-31-29-26-23-20-17-14-11-8-5-2/h9,12,15,18,21,24,29-33,37,61H,4-8,10-11,13-14,16-17,19-20,22-23,25-28,34-36,38-60H2,1-3H3/b12-9-,18-15-,24-21-,31-29-,32-30-,37-33-. The average Bonchev–Trinajstić information content (AvgIpc) is 3.36. The van der Waals surface area contributed by atoms with E-state index in [-0.39, 0.29) is 31.1 Å². The van der Waals surface area contributed by atoms with Gasteiger partial charge in [-0.25, -0.2) is 0 Å². The van der Waals surface area contributed by atoms with E-state index in [1.807, 2.05) is 0 Å². The van der Waals surface area contributed by atoms with E-state index in [0.717, 1.165) is 89.9 Å². The summed E-state index contributed by atoms with van der Waals surface area (Å²) in [7, 11) is 0. The number of carbonyl (C=O) groups excluding carboxylic acids is 3. The van der Waals surface area contributed by atoms with Gasteiger partial charge in [0.05, 0.1) is 0 Å². The lowest BCUT2D eigenvalue weighted by molar-refractivity contribution is -0.167. The number of hydrogen-bond acceptors (Lipinski definition) is 6. The minimum absolute atomic E-state index is 0.0873. The predicted octanol–water partition coefficient (Wildman–Crippen LogP) is 20.2. The number of carbonyl (C=O) groups is 3. The summed E-state index contributed by atoms with van der Waals surface area (Å²) >= 11 is 0. The molecule has 1 unspecified atom stereocenters. The van der Waals surface area contributed by atoms with Crippen molar-refractivity contribution in [3.63, 3.8) is 0 Å². The molecule has 0 saturated carbocycles. The predicted molar refractivity (Wildman–Crippen MR) is 302 cm³/mol. The normalized spacial score (nSPS) is 12.6. The number of allylic oxidation sites excluding steroid dienone is 12. The van der Waals surface area contributed by atoms with Crippen LogP contribution in [-0.2, 0) is 28.6 Å². The molecular formula is C64H112O6. The maximum absolute atomic E-state index is 12.9. The molecule has 0 spiro atoms. The molecule has 0 radical (unpaired) electrons. The van der Waals surface area contributed by atoms with Gasteiger partial charge in [-0.1, -0.05) is 261 Å². The number of rotatable bonds is 54. The van der Waals surface area contributed by atoms with Gasteiger partial charge < -0.3 is 14.2 Å². The van der Waals surface area contributed by atoms with Gasteiger partial charge in [-0.2, -0.15) is 0 Å². The Morgan fingerprint density at radius 2 is 0.571 bits per heavy atom. The first-order valence-corrected chi connectivity index (χ1v) is 30.0. The van der Waals surface area contributed by atoms with Crippen LogP contribution in [0, 0.1) is 0 Å². The van der Waals surface area contributed by atoms with Gasteiger partial charge in [0.2, 0.25) is 0 Å². The Bertz CT molecular complexity index is 1310. The monoisotopic (exact) mass is 977 g/mol. The van der Waals surface area contributed by atoms with E-state index in [9.17, 15) is 14.4 Å². The van der Waals surface area contributed by atoms with Crippen LogP contribution in [0.4, 0.5) is 0 Å². The SMILES string of the molecule is CC\C=C/C=C\C=C/CCCCCCCCCC(=O)OCC(COC(=O)CCCCCCCCC/C=C\CCCCCCCCCC)OC(=O)CCCCCCC/C=C\C=C/CCCCCCCCC. The van der Waals surface area contributed by atoms with Crippen molar-refractivity contribution in [3.05, 3.63) is 72.9 Å². The molecule has 6 nitrogen and oxygen atoms in total. The lowest BCUT2D eigenvalue weighted by atomic mass is 10.1. The molecule has 6 heteroatoms. The smallest absolute Gasteiger partial charge is 0.306 e. The molecule has 0 bridgehead atoms. The highest BCUT2D eigenvalue weighted by Crippen LogP contribution is 2.15. The van der Waals surface area contributed by atoms with E-state index in [2.05, 4.69) is 93.7 Å². The summed E-state index contributed by atoms with van der Waals surface area (Å²) in [6.45, 7) is 6.51. The molecule has 0 aliphatic rings. The topological polar surface area (TPSA) is 78.9 Å². The summed E-state index contributed by atoms with van der Waals surface area (Å²) in [5.41, 5.74) is 0. The first-order chi connectivity index (χ1) is 34.5. The summed E-state index contributed by atoms with van der Waals surface area (Å²) in [4.78, 5) is 38.2. The molecule has 0 aliphatic heterocycles. The molecule has 0 heterocycles. The third-order valence-electron chi connectivity index (χ3n) is 13.0. The highest BCUT2D eigenvalue weighted by molar-refractivity contribution is 5.71. The zero-order valence-corrected chi connectivity index (χ0v) is 46.3. The molecule has 0 aromatic heterocycles. The van der Waals surface area contributed by atoms with Crippen LogP contribution in [0.2, 0.25) is 0 Å². The van der Waals surface area contributed by atoms with Gasteiger partial charge in [0.15, 0.2) is 6.10 Å². The van der Waals surface area contributed by atoms with Crippen LogP contribution in [0.25, 0.3) is 0 Å². The van der Waals surface area contributed by atoms with E-state index >= 15 is 0 Å². The molecule has 1 atom stereocenters. The first-order valence-electron chi connectivity index (χ1n) is 30.0. The third-order valence-corrected chi connectivity index (χ3v) is 13.0. The Morgan fingerprint density at radius 3 is 0.914 bits per heavy atom. The Morgan fingerprint density at radius 1 is 0.300 bits per heavy atom.